The van der Waals surface area contributed by atoms with Gasteiger partial charge in [-0.05, 0) is 72.7 Å². The van der Waals surface area contributed by atoms with E-state index in [4.69, 9.17) is 9.47 Å². The van der Waals surface area contributed by atoms with E-state index in [1.54, 1.807) is 0 Å². The lowest BCUT2D eigenvalue weighted by Crippen LogP contribution is -2.23. The number of unbranched alkanes of at least 4 members (excludes halogenated alkanes) is 1. The van der Waals surface area contributed by atoms with Gasteiger partial charge in [-0.2, -0.15) is 30.7 Å². The Morgan fingerprint density at radius 1 is 0.731 bits per heavy atom. The number of benzene rings is 4. The molecular weight excluding hydrogens is 717 g/mol. The minimum absolute atomic E-state index is 0.0506. The van der Waals surface area contributed by atoms with Crippen LogP contribution >= 0.6 is 0 Å². The second kappa shape index (κ2) is 15.8. The van der Waals surface area contributed by atoms with E-state index >= 15 is 13.2 Å². The Kier molecular flexibility index (Phi) is 11.7. The molecule has 278 valence electrons. The summed E-state index contributed by atoms with van der Waals surface area (Å²) >= 11 is 0. The molecule has 1 saturated heterocycles. The first-order valence-electron chi connectivity index (χ1n) is 15.9. The van der Waals surface area contributed by atoms with Crippen LogP contribution in [0.3, 0.4) is 0 Å². The molecule has 5 rings (SSSR count). The van der Waals surface area contributed by atoms with Gasteiger partial charge in [-0.15, -0.1) is 0 Å². The fourth-order valence-electron chi connectivity index (χ4n) is 5.62. The van der Waals surface area contributed by atoms with Crippen molar-refractivity contribution in [2.45, 2.75) is 57.3 Å². The molecule has 1 aliphatic heterocycles. The van der Waals surface area contributed by atoms with Gasteiger partial charge in [-0.1, -0.05) is 38.0 Å². The highest BCUT2D eigenvalue weighted by Gasteiger charge is 2.39. The van der Waals surface area contributed by atoms with Gasteiger partial charge in [-0.25, -0.2) is 17.6 Å². The van der Waals surface area contributed by atoms with Crippen LogP contribution in [0.4, 0.5) is 48.3 Å². The van der Waals surface area contributed by atoms with Crippen molar-refractivity contribution < 1.29 is 67.2 Å². The lowest BCUT2D eigenvalue weighted by Gasteiger charge is -2.29. The van der Waals surface area contributed by atoms with Crippen molar-refractivity contribution in [3.63, 3.8) is 0 Å². The molecule has 0 bridgehead atoms. The number of hydrogen-bond donors (Lipinski definition) is 0. The third-order valence-electron chi connectivity index (χ3n) is 8.29. The summed E-state index contributed by atoms with van der Waals surface area (Å²) in [6, 6.07) is 7.18. The molecule has 0 radical (unpaired) electrons. The van der Waals surface area contributed by atoms with Gasteiger partial charge in [0.05, 0.1) is 23.8 Å². The van der Waals surface area contributed by atoms with Crippen molar-refractivity contribution >= 4 is 0 Å². The van der Waals surface area contributed by atoms with Crippen molar-refractivity contribution in [2.24, 2.45) is 5.92 Å². The van der Waals surface area contributed by atoms with Crippen molar-refractivity contribution in [2.75, 3.05) is 6.61 Å². The van der Waals surface area contributed by atoms with Crippen LogP contribution in [-0.4, -0.2) is 6.61 Å². The van der Waals surface area contributed by atoms with Crippen LogP contribution in [0.15, 0.2) is 84.9 Å². The fourth-order valence-corrected chi connectivity index (χ4v) is 5.62. The Bertz CT molecular complexity index is 1880. The van der Waals surface area contributed by atoms with Crippen LogP contribution in [-0.2, 0) is 17.0 Å². The molecule has 2 atom stereocenters. The average molecular weight is 747 g/mol. The number of hydrogen-bond acceptors (Lipinski definition) is 4. The van der Waals surface area contributed by atoms with E-state index in [2.05, 4.69) is 16.4 Å². The van der Waals surface area contributed by atoms with E-state index in [0.717, 1.165) is 55.9 Å². The SMILES string of the molecule is CCCCC1CCC(c2ccc(C(F)(F)Oc3ccc(-c4ccc(C(F)(F)Oc5cc(F)c(OC(F)=C(F)F)c(F)c5)c(F)c4)c(F)c3)cc2)OC1. The fraction of sp³-hybridized carbons (Fsp3) is 0.297. The highest BCUT2D eigenvalue weighted by Crippen LogP contribution is 2.40. The predicted octanol–water partition coefficient (Wildman–Crippen LogP) is 12.2. The molecule has 4 aromatic carbocycles. The molecule has 0 amide bonds. The molecule has 0 N–H and O–H groups in total. The summed E-state index contributed by atoms with van der Waals surface area (Å²) < 4.78 is 174. The first kappa shape index (κ1) is 38.4. The molecule has 1 fully saturated rings. The van der Waals surface area contributed by atoms with Gasteiger partial charge in [0.1, 0.15) is 23.1 Å². The van der Waals surface area contributed by atoms with E-state index in [1.807, 2.05) is 0 Å². The molecule has 1 aliphatic rings. The number of alkyl halides is 4. The number of ether oxygens (including phenoxy) is 4. The van der Waals surface area contributed by atoms with Gasteiger partial charge in [0, 0.05) is 23.8 Å². The zero-order chi connectivity index (χ0) is 37.8. The van der Waals surface area contributed by atoms with Crippen molar-refractivity contribution in [1.82, 2.24) is 0 Å². The van der Waals surface area contributed by atoms with Crippen LogP contribution in [0.2, 0.25) is 0 Å². The zero-order valence-electron chi connectivity index (χ0n) is 27.1. The third-order valence-corrected chi connectivity index (χ3v) is 8.29. The molecule has 0 aromatic heterocycles. The Morgan fingerprint density at radius 3 is 1.96 bits per heavy atom. The molecular formula is C37H29F11O4. The molecule has 1 heterocycles. The molecule has 0 spiro atoms. The Labute approximate surface area is 290 Å². The molecule has 52 heavy (non-hydrogen) atoms. The first-order valence-corrected chi connectivity index (χ1v) is 15.9. The van der Waals surface area contributed by atoms with E-state index < -0.39 is 76.0 Å². The lowest BCUT2D eigenvalue weighted by atomic mass is 9.91. The Hall–Kier alpha value is -4.79. The van der Waals surface area contributed by atoms with Crippen molar-refractivity contribution in [3.8, 4) is 28.4 Å². The predicted molar refractivity (Wildman–Crippen MR) is 166 cm³/mol. The average Bonchev–Trinajstić information content (AvgIpc) is 3.08. The summed E-state index contributed by atoms with van der Waals surface area (Å²) in [4.78, 5) is 0. The maximum absolute atomic E-state index is 15.1. The van der Waals surface area contributed by atoms with Crippen LogP contribution in [0.1, 0.15) is 61.8 Å². The lowest BCUT2D eigenvalue weighted by molar-refractivity contribution is -0.187. The van der Waals surface area contributed by atoms with Crippen molar-refractivity contribution in [1.29, 1.82) is 0 Å². The Morgan fingerprint density at radius 2 is 1.38 bits per heavy atom. The molecule has 0 aliphatic carbocycles. The normalized spacial score (nSPS) is 16.4. The summed E-state index contributed by atoms with van der Waals surface area (Å²) in [7, 11) is 0. The number of rotatable bonds is 13. The van der Waals surface area contributed by atoms with Crippen LogP contribution < -0.4 is 14.2 Å². The van der Waals surface area contributed by atoms with Crippen LogP contribution in [0.5, 0.6) is 17.2 Å². The molecule has 4 nitrogen and oxygen atoms in total. The zero-order valence-corrected chi connectivity index (χ0v) is 27.1. The summed E-state index contributed by atoms with van der Waals surface area (Å²) in [6.45, 7) is 2.72. The van der Waals surface area contributed by atoms with Gasteiger partial charge < -0.3 is 18.9 Å². The maximum Gasteiger partial charge on any atom is 0.429 e. The van der Waals surface area contributed by atoms with Crippen LogP contribution in [0, 0.1) is 29.2 Å². The van der Waals surface area contributed by atoms with E-state index in [0.29, 0.717) is 30.7 Å². The minimum atomic E-state index is -4.61. The molecule has 4 aromatic rings. The van der Waals surface area contributed by atoms with E-state index in [1.165, 1.54) is 24.3 Å². The first-order chi connectivity index (χ1) is 24.6. The maximum atomic E-state index is 15.1. The van der Waals surface area contributed by atoms with Gasteiger partial charge >= 0.3 is 24.3 Å². The van der Waals surface area contributed by atoms with Gasteiger partial charge in [0.25, 0.3) is 0 Å². The third kappa shape index (κ3) is 8.98. The quantitative estimate of drug-likeness (QED) is 0.101. The largest absolute Gasteiger partial charge is 0.429 e. The highest BCUT2D eigenvalue weighted by molar-refractivity contribution is 5.65. The van der Waals surface area contributed by atoms with Gasteiger partial charge in [-0.3, -0.25) is 0 Å². The monoisotopic (exact) mass is 746 g/mol. The van der Waals surface area contributed by atoms with Gasteiger partial charge in [0.15, 0.2) is 11.6 Å². The topological polar surface area (TPSA) is 36.9 Å². The van der Waals surface area contributed by atoms with E-state index in [9.17, 15) is 35.1 Å². The molecule has 0 saturated carbocycles. The van der Waals surface area contributed by atoms with Crippen LogP contribution in [0.25, 0.3) is 11.1 Å². The highest BCUT2D eigenvalue weighted by atomic mass is 19.3. The smallest absolute Gasteiger partial charge is 0.429 e. The second-order valence-corrected chi connectivity index (χ2v) is 12.0. The summed E-state index contributed by atoms with van der Waals surface area (Å²) in [6.07, 6.45) is -6.73. The second-order valence-electron chi connectivity index (χ2n) is 12.0. The number of halogens is 11. The summed E-state index contributed by atoms with van der Waals surface area (Å²) in [5.74, 6) is -9.71. The van der Waals surface area contributed by atoms with E-state index in [-0.39, 0.29) is 29.4 Å². The summed E-state index contributed by atoms with van der Waals surface area (Å²) in [5, 5.41) is 0. The minimum Gasteiger partial charge on any atom is -0.429 e. The standard InChI is InChI=1S/C37H29F11O4/c1-2-3-4-20-5-14-32(49-19-20)21-6-9-23(10-7-21)36(45,46)51-24-11-12-26(28(38)16-24)22-8-13-27(29(39)15-22)37(47,48)52-25-17-30(40)33(31(41)18-25)50-35(44)34(42)43/h6-13,15-18,20,32H,2-5,14,19H2,1H3. The molecule has 15 heteroatoms. The summed E-state index contributed by atoms with van der Waals surface area (Å²) in [5.41, 5.74) is -1.93. The van der Waals surface area contributed by atoms with Crippen molar-refractivity contribution in [3.05, 3.63) is 125 Å². The Balaban J connectivity index is 1.25. The molecule has 2 unspecified atom stereocenters. The van der Waals surface area contributed by atoms with Gasteiger partial charge in [0.2, 0.25) is 5.75 Å².